The summed E-state index contributed by atoms with van der Waals surface area (Å²) in [6.07, 6.45) is 8.88. The van der Waals surface area contributed by atoms with Crippen LogP contribution in [-0.2, 0) is 6.42 Å². The molecule has 1 aliphatic carbocycles. The van der Waals surface area contributed by atoms with Gasteiger partial charge in [-0.15, -0.1) is 0 Å². The molecule has 0 radical (unpaired) electrons. The molecule has 1 aliphatic rings. The van der Waals surface area contributed by atoms with E-state index in [0.717, 1.165) is 18.3 Å². The number of hydrogen-bond donors (Lipinski definition) is 0. The van der Waals surface area contributed by atoms with Crippen LogP contribution in [0.3, 0.4) is 0 Å². The molecule has 1 unspecified atom stereocenters. The maximum atomic E-state index is 12.4. The van der Waals surface area contributed by atoms with E-state index in [0.29, 0.717) is 17.2 Å². The average Bonchev–Trinajstić information content (AvgIpc) is 2.75. The van der Waals surface area contributed by atoms with Crippen molar-refractivity contribution in [3.63, 3.8) is 0 Å². The molecule has 0 aliphatic heterocycles. The Labute approximate surface area is 170 Å². The first-order valence-corrected chi connectivity index (χ1v) is 11.0. The Morgan fingerprint density at radius 2 is 1.61 bits per heavy atom. The molecule has 1 atom stereocenters. The molecule has 2 aromatic rings. The normalized spacial score (nSPS) is 20.5. The molecule has 0 amide bonds. The number of carbonyl (C=O) groups excluding carboxylic acids is 1. The van der Waals surface area contributed by atoms with E-state index in [9.17, 15) is 4.79 Å². The second-order valence-corrected chi connectivity index (χ2v) is 8.48. The SMILES string of the molecule is CCc1ccc(OC(=O)c2ccc(C3CCC(CC(C)CC)CC3)cc2)cc1. The fourth-order valence-electron chi connectivity index (χ4n) is 4.32. The molecule has 28 heavy (non-hydrogen) atoms. The smallest absolute Gasteiger partial charge is 0.343 e. The monoisotopic (exact) mass is 378 g/mol. The van der Waals surface area contributed by atoms with Gasteiger partial charge in [-0.2, -0.15) is 0 Å². The highest BCUT2D eigenvalue weighted by molar-refractivity contribution is 5.91. The first kappa shape index (κ1) is 20.6. The Bertz CT molecular complexity index is 737. The number of aryl methyl sites for hydroxylation is 1. The molecule has 2 nitrogen and oxygen atoms in total. The Balaban J connectivity index is 1.54. The summed E-state index contributed by atoms with van der Waals surface area (Å²) in [4.78, 5) is 12.4. The number of esters is 1. The summed E-state index contributed by atoms with van der Waals surface area (Å²) in [5.74, 6) is 2.71. The van der Waals surface area contributed by atoms with Crippen molar-refractivity contribution in [2.24, 2.45) is 11.8 Å². The van der Waals surface area contributed by atoms with Gasteiger partial charge in [-0.25, -0.2) is 4.79 Å². The van der Waals surface area contributed by atoms with E-state index in [-0.39, 0.29) is 5.97 Å². The molecule has 0 aromatic heterocycles. The van der Waals surface area contributed by atoms with Crippen LogP contribution in [0.1, 0.15) is 86.7 Å². The van der Waals surface area contributed by atoms with Crippen molar-refractivity contribution in [2.45, 2.75) is 71.6 Å². The molecule has 0 bridgehead atoms. The molecule has 3 rings (SSSR count). The molecular formula is C26H34O2. The number of rotatable bonds is 7. The van der Waals surface area contributed by atoms with Crippen molar-refractivity contribution < 1.29 is 9.53 Å². The zero-order valence-electron chi connectivity index (χ0n) is 17.6. The van der Waals surface area contributed by atoms with E-state index in [2.05, 4.69) is 32.9 Å². The molecule has 2 aromatic carbocycles. The van der Waals surface area contributed by atoms with Crippen LogP contribution >= 0.6 is 0 Å². The molecule has 0 heterocycles. The van der Waals surface area contributed by atoms with Gasteiger partial charge in [0.05, 0.1) is 5.56 Å². The second-order valence-electron chi connectivity index (χ2n) is 8.48. The fourth-order valence-corrected chi connectivity index (χ4v) is 4.32. The van der Waals surface area contributed by atoms with Crippen LogP contribution in [0.25, 0.3) is 0 Å². The molecule has 0 N–H and O–H groups in total. The highest BCUT2D eigenvalue weighted by Crippen LogP contribution is 2.38. The lowest BCUT2D eigenvalue weighted by Crippen LogP contribution is -2.16. The highest BCUT2D eigenvalue weighted by atomic mass is 16.5. The Morgan fingerprint density at radius 1 is 0.964 bits per heavy atom. The van der Waals surface area contributed by atoms with Crippen molar-refractivity contribution in [1.82, 2.24) is 0 Å². The molecule has 2 heteroatoms. The van der Waals surface area contributed by atoms with Gasteiger partial charge in [-0.3, -0.25) is 0 Å². The van der Waals surface area contributed by atoms with E-state index in [1.807, 2.05) is 36.4 Å². The van der Waals surface area contributed by atoms with E-state index in [1.54, 1.807) is 0 Å². The molecule has 1 fully saturated rings. The Hall–Kier alpha value is -2.09. The van der Waals surface area contributed by atoms with Gasteiger partial charge in [0, 0.05) is 0 Å². The predicted molar refractivity (Wildman–Crippen MR) is 116 cm³/mol. The van der Waals surface area contributed by atoms with Crippen molar-refractivity contribution in [1.29, 1.82) is 0 Å². The van der Waals surface area contributed by atoms with Crippen LogP contribution in [-0.4, -0.2) is 5.97 Å². The van der Waals surface area contributed by atoms with E-state index in [1.165, 1.54) is 49.7 Å². The maximum absolute atomic E-state index is 12.4. The van der Waals surface area contributed by atoms with Crippen LogP contribution in [0.5, 0.6) is 5.75 Å². The minimum atomic E-state index is -0.284. The third kappa shape index (κ3) is 5.47. The zero-order valence-corrected chi connectivity index (χ0v) is 17.6. The first-order valence-electron chi connectivity index (χ1n) is 11.0. The topological polar surface area (TPSA) is 26.3 Å². The van der Waals surface area contributed by atoms with Crippen LogP contribution < -0.4 is 4.74 Å². The molecule has 150 valence electrons. The van der Waals surface area contributed by atoms with Crippen molar-refractivity contribution >= 4 is 5.97 Å². The number of carbonyl (C=O) groups is 1. The van der Waals surface area contributed by atoms with Gasteiger partial charge in [0.2, 0.25) is 0 Å². The number of hydrogen-bond acceptors (Lipinski definition) is 2. The second kappa shape index (κ2) is 9.91. The maximum Gasteiger partial charge on any atom is 0.343 e. The third-order valence-electron chi connectivity index (χ3n) is 6.44. The molecule has 0 spiro atoms. The van der Waals surface area contributed by atoms with Crippen molar-refractivity contribution in [2.75, 3.05) is 0 Å². The standard InChI is InChI=1S/C26H34O2/c1-4-19(3)18-21-6-10-22(11-7-21)23-12-14-24(15-13-23)26(27)28-25-16-8-20(5-2)9-17-25/h8-9,12-17,19,21-22H,4-7,10-11,18H2,1-3H3. The van der Waals surface area contributed by atoms with Gasteiger partial charge >= 0.3 is 5.97 Å². The summed E-state index contributed by atoms with van der Waals surface area (Å²) in [6.45, 7) is 6.78. The quantitative estimate of drug-likeness (QED) is 0.377. The fraction of sp³-hybridized carbons (Fsp3) is 0.500. The predicted octanol–water partition coefficient (Wildman–Crippen LogP) is 7.18. The summed E-state index contributed by atoms with van der Waals surface area (Å²) < 4.78 is 5.51. The van der Waals surface area contributed by atoms with Gasteiger partial charge in [0.25, 0.3) is 0 Å². The Kier molecular flexibility index (Phi) is 7.30. The molecule has 0 saturated heterocycles. The number of benzene rings is 2. The summed E-state index contributed by atoms with van der Waals surface area (Å²) in [6, 6.07) is 15.8. The van der Waals surface area contributed by atoms with E-state index in [4.69, 9.17) is 4.74 Å². The van der Waals surface area contributed by atoms with Crippen molar-refractivity contribution in [3.8, 4) is 5.75 Å². The van der Waals surface area contributed by atoms with Crippen LogP contribution in [0, 0.1) is 11.8 Å². The van der Waals surface area contributed by atoms with E-state index >= 15 is 0 Å². The van der Waals surface area contributed by atoms with Gasteiger partial charge in [-0.05, 0) is 91.7 Å². The largest absolute Gasteiger partial charge is 0.423 e. The lowest BCUT2D eigenvalue weighted by molar-refractivity contribution is 0.0734. The lowest BCUT2D eigenvalue weighted by atomic mass is 9.75. The van der Waals surface area contributed by atoms with E-state index < -0.39 is 0 Å². The first-order chi connectivity index (χ1) is 13.6. The average molecular weight is 379 g/mol. The van der Waals surface area contributed by atoms with Crippen molar-refractivity contribution in [3.05, 3.63) is 65.2 Å². The third-order valence-corrected chi connectivity index (χ3v) is 6.44. The minimum absolute atomic E-state index is 0.284. The summed E-state index contributed by atoms with van der Waals surface area (Å²) >= 11 is 0. The number of ether oxygens (including phenoxy) is 1. The van der Waals surface area contributed by atoms with Gasteiger partial charge < -0.3 is 4.74 Å². The lowest BCUT2D eigenvalue weighted by Gasteiger charge is -2.30. The van der Waals surface area contributed by atoms with Gasteiger partial charge in [-0.1, -0.05) is 51.5 Å². The summed E-state index contributed by atoms with van der Waals surface area (Å²) in [7, 11) is 0. The summed E-state index contributed by atoms with van der Waals surface area (Å²) in [5, 5.41) is 0. The molecular weight excluding hydrogens is 344 g/mol. The van der Waals surface area contributed by atoms with Gasteiger partial charge in [0.1, 0.15) is 5.75 Å². The van der Waals surface area contributed by atoms with Gasteiger partial charge in [0.15, 0.2) is 0 Å². The molecule has 1 saturated carbocycles. The van der Waals surface area contributed by atoms with Crippen LogP contribution in [0.15, 0.2) is 48.5 Å². The highest BCUT2D eigenvalue weighted by Gasteiger charge is 2.23. The zero-order chi connectivity index (χ0) is 19.9. The van der Waals surface area contributed by atoms with Crippen LogP contribution in [0.2, 0.25) is 0 Å². The summed E-state index contributed by atoms with van der Waals surface area (Å²) in [5.41, 5.74) is 3.22. The Morgan fingerprint density at radius 3 is 2.18 bits per heavy atom. The van der Waals surface area contributed by atoms with Crippen LogP contribution in [0.4, 0.5) is 0 Å². The minimum Gasteiger partial charge on any atom is -0.423 e.